The van der Waals surface area contributed by atoms with Crippen molar-refractivity contribution in [1.29, 1.82) is 0 Å². The van der Waals surface area contributed by atoms with Crippen LogP contribution in [0.25, 0.3) is 0 Å². The number of aliphatic hydroxyl groups excluding tert-OH is 2. The number of ether oxygens (including phenoxy) is 3. The summed E-state index contributed by atoms with van der Waals surface area (Å²) in [4.78, 5) is 109. The molecule has 0 aromatic heterocycles. The van der Waals surface area contributed by atoms with Gasteiger partial charge in [-0.25, -0.2) is 8.78 Å². The molecule has 10 atom stereocenters. The Morgan fingerprint density at radius 3 is 2.28 bits per heavy atom. The summed E-state index contributed by atoms with van der Waals surface area (Å²) in [6, 6.07) is -1.84. The van der Waals surface area contributed by atoms with Gasteiger partial charge in [0, 0.05) is 36.0 Å². The van der Waals surface area contributed by atoms with Crippen molar-refractivity contribution in [3.8, 4) is 0 Å². The molecule has 0 saturated heterocycles. The van der Waals surface area contributed by atoms with Crippen molar-refractivity contribution in [3.05, 3.63) is 53.9 Å². The van der Waals surface area contributed by atoms with Gasteiger partial charge in [-0.3, -0.25) is 24.0 Å². The third kappa shape index (κ3) is 8.49. The number of esters is 3. The molecule has 4 N–H and O–H groups in total. The molecule has 0 heterocycles. The van der Waals surface area contributed by atoms with Crippen LogP contribution in [0.15, 0.2) is 23.6 Å². The molecule has 0 aromatic rings. The van der Waals surface area contributed by atoms with E-state index in [0.29, 0.717) is 0 Å². The Labute approximate surface area is 319 Å². The number of aliphatic hydroxyl groups is 2. The van der Waals surface area contributed by atoms with Gasteiger partial charge in [-0.15, -0.1) is 30.3 Å². The molecule has 23 nitrogen and oxygen atoms in total. The second kappa shape index (κ2) is 17.0. The Morgan fingerprint density at radius 1 is 0.982 bits per heavy atom. The highest BCUT2D eigenvalue weighted by molar-refractivity contribution is 5.95. The summed E-state index contributed by atoms with van der Waals surface area (Å²) < 4.78 is 49.0. The zero-order valence-corrected chi connectivity index (χ0v) is 30.4. The van der Waals surface area contributed by atoms with E-state index in [-0.39, 0.29) is 12.0 Å². The highest BCUT2D eigenvalue weighted by Gasteiger charge is 2.78. The monoisotopic (exact) mass is 822 g/mol. The number of rotatable bonds is 19. The lowest BCUT2D eigenvalue weighted by molar-refractivity contribution is -0.790. The standard InChI is InChI=1S/C32H40F2N4O19/c1-29-6-5-16(39)8-20(29)21(33)9-19-18-10-23(40)32(30(18,2)12-24(41)31(19,29)34,56-26(43)4-3-7-54-36(46)47)25(42)15-52-27(44)11-22(35)28(45)53-13-17(57-38(50)51)14-55-37(48)49/h5-6,17-19,22-24,40-41H,3-4,7-15,35H2,1-2H3/t17?,18?,19?,22?,23-,24+,29+,30+,31+,32+/m1/s1. The van der Waals surface area contributed by atoms with E-state index in [9.17, 15) is 64.5 Å². The minimum Gasteiger partial charge on any atom is -0.462 e. The number of carbonyl (C=O) groups excluding carboxylic acids is 5. The fraction of sp³-hybridized carbons (Fsp3) is 0.719. The van der Waals surface area contributed by atoms with Gasteiger partial charge >= 0.3 is 17.9 Å². The normalized spacial score (nSPS) is 32.4. The summed E-state index contributed by atoms with van der Waals surface area (Å²) in [5.41, 5.74) is -3.60. The average Bonchev–Trinajstić information content (AvgIpc) is 3.33. The Kier molecular flexibility index (Phi) is 13.2. The second-order valence-electron chi connectivity index (χ2n) is 14.5. The van der Waals surface area contributed by atoms with Crippen LogP contribution < -0.4 is 5.73 Å². The smallest absolute Gasteiger partial charge is 0.323 e. The maximum atomic E-state index is 17.7. The maximum Gasteiger partial charge on any atom is 0.323 e. The third-order valence-corrected chi connectivity index (χ3v) is 11.3. The molecule has 0 aromatic carbocycles. The molecule has 4 unspecified atom stereocenters. The fourth-order valence-corrected chi connectivity index (χ4v) is 8.74. The largest absolute Gasteiger partial charge is 0.462 e. The predicted molar refractivity (Wildman–Crippen MR) is 175 cm³/mol. The number of nitrogens with zero attached hydrogens (tertiary/aromatic N) is 3. The average molecular weight is 823 g/mol. The summed E-state index contributed by atoms with van der Waals surface area (Å²) >= 11 is 0. The molecular weight excluding hydrogens is 782 g/mol. The lowest BCUT2D eigenvalue weighted by atomic mass is 9.45. The number of nitrogens with two attached hydrogens (primary N) is 1. The van der Waals surface area contributed by atoms with E-state index in [4.69, 9.17) is 19.9 Å². The van der Waals surface area contributed by atoms with Crippen LogP contribution in [0.1, 0.15) is 58.8 Å². The van der Waals surface area contributed by atoms with Crippen LogP contribution in [0.5, 0.6) is 0 Å². The number of Topliss-reactive ketones (excluding diaryl/α,β-unsaturated/α-hetero) is 1. The predicted octanol–water partition coefficient (Wildman–Crippen LogP) is 0.0538. The van der Waals surface area contributed by atoms with Gasteiger partial charge in [0.05, 0.1) is 19.1 Å². The molecule has 4 aliphatic rings. The van der Waals surface area contributed by atoms with E-state index < -0.39 is 174 Å². The van der Waals surface area contributed by atoms with Crippen LogP contribution in [0.3, 0.4) is 0 Å². The topological polar surface area (TPSA) is 337 Å². The van der Waals surface area contributed by atoms with Gasteiger partial charge in [-0.05, 0) is 43.8 Å². The van der Waals surface area contributed by atoms with Crippen molar-refractivity contribution in [3.63, 3.8) is 0 Å². The Balaban J connectivity index is 1.57. The molecule has 2 fully saturated rings. The number of ketones is 2. The molecule has 316 valence electrons. The van der Waals surface area contributed by atoms with Gasteiger partial charge in [0.1, 0.15) is 31.2 Å². The molecule has 0 radical (unpaired) electrons. The summed E-state index contributed by atoms with van der Waals surface area (Å²) in [6.07, 6.45) is -7.74. The highest BCUT2D eigenvalue weighted by atomic mass is 19.1. The number of halogens is 2. The van der Waals surface area contributed by atoms with E-state index in [1.807, 2.05) is 0 Å². The molecule has 0 bridgehead atoms. The van der Waals surface area contributed by atoms with Crippen LogP contribution in [0, 0.1) is 53.0 Å². The van der Waals surface area contributed by atoms with Crippen LogP contribution in [0.2, 0.25) is 0 Å². The lowest BCUT2D eigenvalue weighted by Gasteiger charge is -2.62. The van der Waals surface area contributed by atoms with E-state index >= 15 is 8.78 Å². The van der Waals surface area contributed by atoms with Crippen LogP contribution in [-0.2, 0) is 52.7 Å². The molecule has 0 aliphatic heterocycles. The third-order valence-electron chi connectivity index (χ3n) is 11.3. The lowest BCUT2D eigenvalue weighted by Crippen LogP contribution is -2.70. The van der Waals surface area contributed by atoms with E-state index in [2.05, 4.69) is 14.5 Å². The number of alkyl halides is 1. The number of allylic oxidation sites excluding steroid dienone is 4. The fourth-order valence-electron chi connectivity index (χ4n) is 8.74. The molecule has 4 rings (SSSR count). The minimum absolute atomic E-state index is 0.164. The molecule has 2 saturated carbocycles. The molecule has 0 spiro atoms. The van der Waals surface area contributed by atoms with Crippen molar-refractivity contribution < 1.29 is 86.9 Å². The van der Waals surface area contributed by atoms with Crippen molar-refractivity contribution in [1.82, 2.24) is 0 Å². The van der Waals surface area contributed by atoms with Crippen molar-refractivity contribution in [2.75, 3.05) is 26.4 Å². The summed E-state index contributed by atoms with van der Waals surface area (Å²) in [5, 5.41) is 51.2. The van der Waals surface area contributed by atoms with Gasteiger partial charge in [0.2, 0.25) is 11.4 Å². The molecule has 57 heavy (non-hydrogen) atoms. The van der Waals surface area contributed by atoms with Gasteiger partial charge in [-0.1, -0.05) is 13.0 Å². The molecule has 25 heteroatoms. The number of hydrogen-bond acceptors (Lipinski definition) is 20. The van der Waals surface area contributed by atoms with Crippen molar-refractivity contribution >= 4 is 29.5 Å². The van der Waals surface area contributed by atoms with E-state index in [1.165, 1.54) is 19.9 Å². The minimum atomic E-state index is -2.71. The zero-order valence-electron chi connectivity index (χ0n) is 30.4. The van der Waals surface area contributed by atoms with Gasteiger partial charge in [0.15, 0.2) is 24.2 Å². The molecular formula is C32H40F2N4O19. The first-order valence-corrected chi connectivity index (χ1v) is 17.4. The quantitative estimate of drug-likeness (QED) is 0.0509. The summed E-state index contributed by atoms with van der Waals surface area (Å²) in [5.74, 6) is -9.22. The Hall–Kier alpha value is -5.43. The Morgan fingerprint density at radius 2 is 1.65 bits per heavy atom. The molecule has 0 amide bonds. The first kappa shape index (κ1) is 44.3. The van der Waals surface area contributed by atoms with Crippen LogP contribution >= 0.6 is 0 Å². The zero-order chi connectivity index (χ0) is 42.7. The van der Waals surface area contributed by atoms with Crippen LogP contribution in [-0.4, -0.2) is 117 Å². The number of fused-ring (bicyclic) bond motifs is 5. The first-order chi connectivity index (χ1) is 26.5. The molecule has 4 aliphatic carbocycles. The van der Waals surface area contributed by atoms with Gasteiger partial charge < -0.3 is 44.7 Å². The van der Waals surface area contributed by atoms with Gasteiger partial charge in [-0.2, -0.15) is 0 Å². The SMILES string of the molecule is C[C@]12C=CC(=O)CC1=C(F)CC1C3C[C@@H](O)[C@](OC(=O)CCCO[N+](=O)[O-])(C(=O)COC(=O)CC(N)C(=O)OCC(CO[N+](=O)[O-])O[N+](=O)[O-])[C@@]3(C)C[C@H](O)[C@@]12F. The number of carbonyl (C=O) groups is 5. The van der Waals surface area contributed by atoms with Crippen LogP contribution in [0.4, 0.5) is 8.78 Å². The maximum absolute atomic E-state index is 17.7. The number of hydrogen-bond donors (Lipinski definition) is 3. The van der Waals surface area contributed by atoms with E-state index in [1.54, 1.807) is 0 Å². The first-order valence-electron chi connectivity index (χ1n) is 17.4. The second-order valence-corrected chi connectivity index (χ2v) is 14.5. The highest BCUT2D eigenvalue weighted by Crippen LogP contribution is 2.70. The van der Waals surface area contributed by atoms with Crippen molar-refractivity contribution in [2.24, 2.45) is 28.4 Å². The Bertz CT molecular complexity index is 1750. The summed E-state index contributed by atoms with van der Waals surface area (Å²) in [6.45, 7) is -1.24. The van der Waals surface area contributed by atoms with E-state index in [0.717, 1.165) is 6.08 Å². The van der Waals surface area contributed by atoms with Crippen molar-refractivity contribution in [2.45, 2.75) is 94.4 Å². The summed E-state index contributed by atoms with van der Waals surface area (Å²) in [7, 11) is 0. The van der Waals surface area contributed by atoms with Gasteiger partial charge in [0.25, 0.3) is 15.3 Å².